The van der Waals surface area contributed by atoms with E-state index in [9.17, 15) is 22.4 Å². The fraction of sp³-hybridized carbons (Fsp3) is 0.364. The first-order chi connectivity index (χ1) is 15.1. The topological polar surface area (TPSA) is 96.0 Å². The van der Waals surface area contributed by atoms with Crippen LogP contribution in [0.15, 0.2) is 47.4 Å². The molecule has 0 aromatic heterocycles. The van der Waals surface area contributed by atoms with E-state index in [1.807, 2.05) is 0 Å². The van der Waals surface area contributed by atoms with Crippen molar-refractivity contribution < 1.29 is 27.1 Å². The molecule has 172 valence electrons. The Morgan fingerprint density at radius 2 is 1.72 bits per heavy atom. The molecule has 0 saturated carbocycles. The number of carbonyl (C=O) groups excluding carboxylic acids is 2. The summed E-state index contributed by atoms with van der Waals surface area (Å²) in [6.07, 6.45) is 0.910. The summed E-state index contributed by atoms with van der Waals surface area (Å²) in [4.78, 5) is 27.1. The van der Waals surface area contributed by atoms with Crippen LogP contribution >= 0.6 is 0 Å². The molecule has 1 N–H and O–H groups in total. The molecule has 1 aliphatic rings. The van der Waals surface area contributed by atoms with E-state index >= 15 is 0 Å². The number of anilines is 1. The van der Waals surface area contributed by atoms with Gasteiger partial charge in [-0.3, -0.25) is 9.59 Å². The van der Waals surface area contributed by atoms with Gasteiger partial charge in [-0.25, -0.2) is 17.1 Å². The van der Waals surface area contributed by atoms with Crippen molar-refractivity contribution in [1.82, 2.24) is 9.21 Å². The van der Waals surface area contributed by atoms with Gasteiger partial charge in [0.15, 0.2) is 0 Å². The number of methoxy groups -OCH3 is 1. The van der Waals surface area contributed by atoms with E-state index in [1.54, 1.807) is 4.90 Å². The van der Waals surface area contributed by atoms with Gasteiger partial charge in [-0.05, 0) is 55.3 Å². The number of hydrogen-bond acceptors (Lipinski definition) is 5. The number of hydrogen-bond donors (Lipinski definition) is 1. The van der Waals surface area contributed by atoms with Gasteiger partial charge in [0, 0.05) is 38.7 Å². The summed E-state index contributed by atoms with van der Waals surface area (Å²) in [5.74, 6) is -0.871. The van der Waals surface area contributed by atoms with E-state index in [-0.39, 0.29) is 28.3 Å². The van der Waals surface area contributed by atoms with Gasteiger partial charge in [0.2, 0.25) is 15.9 Å². The Labute approximate surface area is 187 Å². The van der Waals surface area contributed by atoms with Crippen LogP contribution in [0.4, 0.5) is 10.1 Å². The second-order valence-electron chi connectivity index (χ2n) is 7.71. The number of carbonyl (C=O) groups is 2. The molecule has 10 heteroatoms. The summed E-state index contributed by atoms with van der Waals surface area (Å²) in [6, 6.07) is 9.66. The van der Waals surface area contributed by atoms with Gasteiger partial charge < -0.3 is 15.0 Å². The molecule has 1 fully saturated rings. The van der Waals surface area contributed by atoms with Crippen LogP contribution in [0.3, 0.4) is 0 Å². The highest BCUT2D eigenvalue weighted by molar-refractivity contribution is 7.89. The van der Waals surface area contributed by atoms with Crippen molar-refractivity contribution in [2.75, 3.05) is 39.6 Å². The Morgan fingerprint density at radius 1 is 1.09 bits per heavy atom. The molecule has 3 rings (SSSR count). The first-order valence-corrected chi connectivity index (χ1v) is 11.5. The van der Waals surface area contributed by atoms with Crippen LogP contribution in [0.25, 0.3) is 0 Å². The number of amides is 2. The van der Waals surface area contributed by atoms with Gasteiger partial charge >= 0.3 is 0 Å². The quantitative estimate of drug-likeness (QED) is 0.710. The van der Waals surface area contributed by atoms with E-state index in [4.69, 9.17) is 4.74 Å². The van der Waals surface area contributed by atoms with Crippen LogP contribution in [-0.2, 0) is 14.8 Å². The van der Waals surface area contributed by atoms with E-state index in [2.05, 4.69) is 5.32 Å². The molecule has 0 atom stereocenters. The maximum atomic E-state index is 13.1. The fourth-order valence-electron chi connectivity index (χ4n) is 3.51. The third-order valence-corrected chi connectivity index (χ3v) is 7.26. The second-order valence-corrected chi connectivity index (χ2v) is 9.86. The molecule has 2 aromatic carbocycles. The van der Waals surface area contributed by atoms with Crippen LogP contribution in [0.2, 0.25) is 0 Å². The average Bonchev–Trinajstić information content (AvgIpc) is 2.79. The van der Waals surface area contributed by atoms with Gasteiger partial charge in [0.25, 0.3) is 5.91 Å². The summed E-state index contributed by atoms with van der Waals surface area (Å²) in [5.41, 5.74) is 0.670. The van der Waals surface area contributed by atoms with Crippen LogP contribution in [0, 0.1) is 11.7 Å². The number of nitrogens with one attached hydrogen (secondary N) is 1. The Kier molecular flexibility index (Phi) is 7.15. The number of nitrogens with zero attached hydrogens (tertiary/aromatic N) is 2. The third-order valence-electron chi connectivity index (χ3n) is 5.45. The molecule has 0 aliphatic carbocycles. The predicted octanol–water partition coefficient (Wildman–Crippen LogP) is 2.58. The molecule has 0 spiro atoms. The number of piperidine rings is 1. The monoisotopic (exact) mass is 463 g/mol. The smallest absolute Gasteiger partial charge is 0.253 e. The fourth-order valence-corrected chi connectivity index (χ4v) is 4.44. The Morgan fingerprint density at radius 3 is 2.28 bits per heavy atom. The summed E-state index contributed by atoms with van der Waals surface area (Å²) in [5, 5.41) is 2.77. The Balaban J connectivity index is 1.67. The Bertz CT molecular complexity index is 1100. The number of rotatable bonds is 6. The standard InChI is InChI=1S/C22H26FN3O5S/c1-25(2)32(29,30)18-8-9-20(31-3)19(14-18)24-21(27)15-10-12-26(13-11-15)22(28)16-4-6-17(23)7-5-16/h4-9,14-15H,10-13H2,1-3H3,(H,24,27). The summed E-state index contributed by atoms with van der Waals surface area (Å²) >= 11 is 0. The zero-order chi connectivity index (χ0) is 23.5. The summed E-state index contributed by atoms with van der Waals surface area (Å²) in [6.45, 7) is 0.779. The van der Waals surface area contributed by atoms with Gasteiger partial charge in [-0.2, -0.15) is 0 Å². The lowest BCUT2D eigenvalue weighted by atomic mass is 9.95. The maximum absolute atomic E-state index is 13.1. The zero-order valence-electron chi connectivity index (χ0n) is 18.2. The SMILES string of the molecule is COc1ccc(S(=O)(=O)N(C)C)cc1NC(=O)C1CCN(C(=O)c2ccc(F)cc2)CC1. The molecule has 1 heterocycles. The number of halogens is 1. The molecule has 8 nitrogen and oxygen atoms in total. The largest absolute Gasteiger partial charge is 0.495 e. The number of ether oxygens (including phenoxy) is 1. The molecule has 1 aliphatic heterocycles. The van der Waals surface area contributed by atoms with Gasteiger partial charge in [0.1, 0.15) is 11.6 Å². The van der Waals surface area contributed by atoms with Gasteiger partial charge in [0.05, 0.1) is 17.7 Å². The highest BCUT2D eigenvalue weighted by Crippen LogP contribution is 2.30. The molecule has 2 aromatic rings. The van der Waals surface area contributed by atoms with Gasteiger partial charge in [-0.15, -0.1) is 0 Å². The lowest BCUT2D eigenvalue weighted by Crippen LogP contribution is -2.41. The number of likely N-dealkylation sites (tertiary alicyclic amines) is 1. The minimum absolute atomic E-state index is 0.0401. The summed E-state index contributed by atoms with van der Waals surface area (Å²) < 4.78 is 44.3. The van der Waals surface area contributed by atoms with Gasteiger partial charge in [-0.1, -0.05) is 0 Å². The normalized spacial score (nSPS) is 15.0. The molecule has 0 radical (unpaired) electrons. The molecular formula is C22H26FN3O5S. The molecule has 32 heavy (non-hydrogen) atoms. The van der Waals surface area contributed by atoms with Crippen molar-refractivity contribution in [2.24, 2.45) is 5.92 Å². The van der Waals surface area contributed by atoms with Crippen LogP contribution < -0.4 is 10.1 Å². The molecule has 2 amide bonds. The molecule has 1 saturated heterocycles. The predicted molar refractivity (Wildman–Crippen MR) is 118 cm³/mol. The van der Waals surface area contributed by atoms with Crippen molar-refractivity contribution in [3.8, 4) is 5.75 Å². The van der Waals surface area contributed by atoms with E-state index in [0.717, 1.165) is 4.31 Å². The lowest BCUT2D eigenvalue weighted by Gasteiger charge is -2.31. The van der Waals surface area contributed by atoms with Crippen molar-refractivity contribution in [3.05, 3.63) is 53.8 Å². The highest BCUT2D eigenvalue weighted by Gasteiger charge is 2.29. The maximum Gasteiger partial charge on any atom is 0.253 e. The third kappa shape index (κ3) is 5.08. The first kappa shape index (κ1) is 23.7. The minimum Gasteiger partial charge on any atom is -0.495 e. The molecule has 0 bridgehead atoms. The van der Waals surface area contributed by atoms with Crippen molar-refractivity contribution in [2.45, 2.75) is 17.7 Å². The highest BCUT2D eigenvalue weighted by atomic mass is 32.2. The Hall–Kier alpha value is -2.98. The van der Waals surface area contributed by atoms with Crippen molar-refractivity contribution in [3.63, 3.8) is 0 Å². The average molecular weight is 464 g/mol. The van der Waals surface area contributed by atoms with Crippen molar-refractivity contribution in [1.29, 1.82) is 0 Å². The van der Waals surface area contributed by atoms with Crippen molar-refractivity contribution >= 4 is 27.5 Å². The summed E-state index contributed by atoms with van der Waals surface area (Å²) in [7, 11) is 0.622. The van der Waals surface area contributed by atoms with Crippen LogP contribution in [-0.4, -0.2) is 63.7 Å². The van der Waals surface area contributed by atoms with E-state index in [0.29, 0.717) is 37.2 Å². The van der Waals surface area contributed by atoms with E-state index < -0.39 is 15.8 Å². The molecule has 0 unspecified atom stereocenters. The minimum atomic E-state index is -3.67. The number of sulfonamides is 1. The van der Waals surface area contributed by atoms with Crippen LogP contribution in [0.1, 0.15) is 23.2 Å². The first-order valence-electron chi connectivity index (χ1n) is 10.1. The molecular weight excluding hydrogens is 437 g/mol. The second kappa shape index (κ2) is 9.66. The number of benzene rings is 2. The lowest BCUT2D eigenvalue weighted by molar-refractivity contribution is -0.121. The van der Waals surface area contributed by atoms with E-state index in [1.165, 1.54) is 63.7 Å². The zero-order valence-corrected chi connectivity index (χ0v) is 19.0. The van der Waals surface area contributed by atoms with Crippen LogP contribution in [0.5, 0.6) is 5.75 Å².